The Hall–Kier alpha value is -0.740. The number of aliphatic hydroxyl groups is 2. The molecular weight excluding hydrogens is 458 g/mol. The molecule has 3 heterocycles. The number of fused-ring (bicyclic) bond motifs is 1. The van der Waals surface area contributed by atoms with Crippen molar-refractivity contribution in [3.63, 3.8) is 0 Å². The van der Waals surface area contributed by atoms with E-state index in [0.717, 1.165) is 6.16 Å². The van der Waals surface area contributed by atoms with E-state index in [4.69, 9.17) is 4.74 Å². The highest BCUT2D eigenvalue weighted by atomic mass is 127. The molecule has 4 atom stereocenters. The van der Waals surface area contributed by atoms with Crippen LogP contribution in [0.1, 0.15) is 18.5 Å². The molecule has 25 heavy (non-hydrogen) atoms. The summed E-state index contributed by atoms with van der Waals surface area (Å²) in [6.07, 6.45) is 2.19. The molecule has 0 saturated carbocycles. The van der Waals surface area contributed by atoms with Gasteiger partial charge in [-0.1, -0.05) is 0 Å². The molecule has 1 aliphatic rings. The van der Waals surface area contributed by atoms with Crippen molar-refractivity contribution >= 4 is 46.9 Å². The maximum absolute atomic E-state index is 12.1. The number of nitrogens with one attached hydrogen (secondary N) is 1. The van der Waals surface area contributed by atoms with Gasteiger partial charge in [0.2, 0.25) is 0 Å². The second-order valence-electron chi connectivity index (χ2n) is 7.07. The zero-order valence-corrected chi connectivity index (χ0v) is 17.4. The van der Waals surface area contributed by atoms with Crippen LogP contribution in [0, 0.1) is 10.8 Å². The van der Waals surface area contributed by atoms with Crippen LogP contribution in [0.5, 0.6) is 0 Å². The second-order valence-corrected chi connectivity index (χ2v) is 12.4. The average molecular weight is 480 g/mol. The number of aliphatic hydroxyl groups excluding tert-OH is 2. The van der Waals surface area contributed by atoms with Crippen molar-refractivity contribution in [2.75, 3.05) is 19.5 Å². The summed E-state index contributed by atoms with van der Waals surface area (Å²) >= 11 is 1.97. The van der Waals surface area contributed by atoms with Crippen LogP contribution in [0.25, 0.3) is 11.2 Å². The van der Waals surface area contributed by atoms with Crippen molar-refractivity contribution in [2.45, 2.75) is 37.9 Å². The van der Waals surface area contributed by atoms with Gasteiger partial charge in [-0.3, -0.25) is 9.36 Å². The summed E-state index contributed by atoms with van der Waals surface area (Å²) in [6.45, 7) is 4.66. The lowest BCUT2D eigenvalue weighted by Crippen LogP contribution is -2.32. The summed E-state index contributed by atoms with van der Waals surface area (Å²) in [6, 6.07) is 0. The maximum Gasteiger partial charge on any atom is 0.279 e. The van der Waals surface area contributed by atoms with Crippen LogP contribution in [0.2, 0.25) is 0 Å². The van der Waals surface area contributed by atoms with Gasteiger partial charge in [0, 0.05) is 22.6 Å². The van der Waals surface area contributed by atoms with Crippen LogP contribution in [-0.4, -0.2) is 73.8 Å². The van der Waals surface area contributed by atoms with E-state index in [1.54, 1.807) is 11.5 Å². The Morgan fingerprint density at radius 1 is 1.36 bits per heavy atom. The Morgan fingerprint density at radius 3 is 2.68 bits per heavy atom. The standard InChI is InChI=1S/C15H22IN4O4P/c1-7-17-12-9(13(23)18-7)19-15(16)20(12)14-11(22)10(21)8(24-14)5-6-25(2,3)4/h8,10-11,14,21-22H,2,5-6H2,1,3-4H3,(H,17,18,23)/t8?,10-,11-,14?/m1/s1. The van der Waals surface area contributed by atoms with Gasteiger partial charge in [0.25, 0.3) is 5.56 Å². The Labute approximate surface area is 158 Å². The molecule has 3 N–H and O–H groups in total. The fourth-order valence-corrected chi connectivity index (χ4v) is 4.65. The van der Waals surface area contributed by atoms with Crippen LogP contribution in [0.15, 0.2) is 4.79 Å². The Morgan fingerprint density at radius 2 is 2.04 bits per heavy atom. The number of aromatic amines is 1. The largest absolute Gasteiger partial charge is 0.388 e. The minimum absolute atomic E-state index is 0.188. The number of ether oxygens (including phenoxy) is 1. The number of nitrogens with zero attached hydrogens (tertiary/aromatic N) is 3. The van der Waals surface area contributed by atoms with E-state index >= 15 is 0 Å². The number of hydrogen-bond donors (Lipinski definition) is 3. The summed E-state index contributed by atoms with van der Waals surface area (Å²) < 4.78 is 8.00. The van der Waals surface area contributed by atoms with Crippen LogP contribution in [0.4, 0.5) is 0 Å². The molecule has 0 bridgehead atoms. The first-order valence-electron chi connectivity index (χ1n) is 7.92. The van der Waals surface area contributed by atoms with Gasteiger partial charge in [-0.2, -0.15) is 0 Å². The minimum atomic E-state index is -1.26. The molecule has 3 rings (SSSR count). The number of rotatable bonds is 4. The predicted octanol–water partition coefficient (Wildman–Crippen LogP) is 0.751. The van der Waals surface area contributed by atoms with Gasteiger partial charge in [0.15, 0.2) is 21.2 Å². The van der Waals surface area contributed by atoms with Gasteiger partial charge >= 0.3 is 0 Å². The first-order chi connectivity index (χ1) is 11.6. The lowest BCUT2D eigenvalue weighted by atomic mass is 10.1. The monoisotopic (exact) mass is 480 g/mol. The third-order valence-electron chi connectivity index (χ3n) is 4.24. The smallest absolute Gasteiger partial charge is 0.279 e. The Bertz CT molecular complexity index is 905. The van der Waals surface area contributed by atoms with Gasteiger partial charge < -0.3 is 19.9 Å². The molecule has 0 amide bonds. The highest BCUT2D eigenvalue weighted by Gasteiger charge is 2.44. The third kappa shape index (κ3) is 3.71. The van der Waals surface area contributed by atoms with E-state index < -0.39 is 31.4 Å². The van der Waals surface area contributed by atoms with Crippen LogP contribution < -0.4 is 5.56 Å². The van der Waals surface area contributed by atoms with E-state index in [0.29, 0.717) is 21.7 Å². The molecule has 10 heteroatoms. The van der Waals surface area contributed by atoms with Crippen molar-refractivity contribution in [3.8, 4) is 0 Å². The van der Waals surface area contributed by atoms with Crippen LogP contribution in [0.3, 0.4) is 0 Å². The molecule has 1 fully saturated rings. The highest BCUT2D eigenvalue weighted by Crippen LogP contribution is 2.40. The number of H-pyrrole nitrogens is 1. The summed E-state index contributed by atoms with van der Waals surface area (Å²) in [5, 5.41) is 20.9. The molecule has 2 aromatic rings. The van der Waals surface area contributed by atoms with Crippen LogP contribution in [-0.2, 0) is 4.74 Å². The molecule has 0 aliphatic carbocycles. The molecular formula is C15H22IN4O4P. The van der Waals surface area contributed by atoms with E-state index in [1.165, 1.54) is 0 Å². The minimum Gasteiger partial charge on any atom is -0.388 e. The van der Waals surface area contributed by atoms with Gasteiger partial charge in [0.05, 0.1) is 6.10 Å². The topological polar surface area (TPSA) is 113 Å². The number of imidazole rings is 1. The molecule has 0 radical (unpaired) electrons. The van der Waals surface area contributed by atoms with E-state index in [-0.39, 0.29) is 11.1 Å². The normalized spacial score (nSPS) is 27.3. The van der Waals surface area contributed by atoms with E-state index in [9.17, 15) is 15.0 Å². The van der Waals surface area contributed by atoms with Gasteiger partial charge in [-0.25, -0.2) is 9.97 Å². The van der Waals surface area contributed by atoms with Crippen molar-refractivity contribution < 1.29 is 14.9 Å². The zero-order valence-electron chi connectivity index (χ0n) is 14.3. The highest BCUT2D eigenvalue weighted by molar-refractivity contribution is 14.1. The summed E-state index contributed by atoms with van der Waals surface area (Å²) in [7, 11) is 0. The Kier molecular flexibility index (Phi) is 5.15. The number of hydrogen-bond acceptors (Lipinski definition) is 6. The first kappa shape index (κ1) is 19.0. The molecule has 138 valence electrons. The molecule has 8 nitrogen and oxygen atoms in total. The van der Waals surface area contributed by atoms with Crippen LogP contribution >= 0.6 is 29.5 Å². The molecule has 1 aliphatic heterocycles. The number of halogens is 1. The second kappa shape index (κ2) is 6.77. The summed E-state index contributed by atoms with van der Waals surface area (Å²) in [4.78, 5) is 23.2. The van der Waals surface area contributed by atoms with Crippen molar-refractivity contribution in [1.82, 2.24) is 19.5 Å². The molecule has 0 aromatic carbocycles. The quantitative estimate of drug-likeness (QED) is 0.338. The fraction of sp³-hybridized carbons (Fsp3) is 0.600. The third-order valence-corrected chi connectivity index (χ3v) is 6.47. The van der Waals surface area contributed by atoms with Crippen molar-refractivity contribution in [3.05, 3.63) is 20.0 Å². The van der Waals surface area contributed by atoms with Gasteiger partial charge in [-0.15, -0.1) is 13.2 Å². The maximum atomic E-state index is 12.1. The van der Waals surface area contributed by atoms with E-state index in [2.05, 4.69) is 34.6 Å². The fourth-order valence-electron chi connectivity index (χ4n) is 2.95. The summed E-state index contributed by atoms with van der Waals surface area (Å²) in [5.74, 6) is 0.447. The summed E-state index contributed by atoms with van der Waals surface area (Å²) in [5.41, 5.74) is 0.188. The predicted molar refractivity (Wildman–Crippen MR) is 107 cm³/mol. The average Bonchev–Trinajstić information content (AvgIpc) is 2.95. The van der Waals surface area contributed by atoms with Gasteiger partial charge in [0.1, 0.15) is 18.0 Å². The number of aryl methyl sites for hydroxylation is 1. The first-order valence-corrected chi connectivity index (χ1v) is 12.0. The molecule has 1 saturated heterocycles. The van der Waals surface area contributed by atoms with Crippen molar-refractivity contribution in [2.24, 2.45) is 0 Å². The Balaban J connectivity index is 1.97. The van der Waals surface area contributed by atoms with Crippen molar-refractivity contribution in [1.29, 1.82) is 0 Å². The van der Waals surface area contributed by atoms with E-state index in [1.807, 2.05) is 22.6 Å². The SMILES string of the molecule is C=P(C)(C)CCC1OC(n2c(I)nc3c(=O)[nH]c(C)nc32)[C@H](O)[C@@H]1O. The molecule has 2 unspecified atom stereocenters. The molecule has 0 spiro atoms. The zero-order chi connectivity index (χ0) is 18.5. The lowest BCUT2D eigenvalue weighted by molar-refractivity contribution is -0.0367. The lowest BCUT2D eigenvalue weighted by Gasteiger charge is -2.19. The molecule has 2 aromatic heterocycles. The number of aromatic nitrogens is 4. The van der Waals surface area contributed by atoms with Gasteiger partial charge in [-0.05, 0) is 32.8 Å².